The van der Waals surface area contributed by atoms with E-state index in [0.717, 1.165) is 17.7 Å². The number of ether oxygens (including phenoxy) is 1. The van der Waals surface area contributed by atoms with Crippen LogP contribution in [-0.4, -0.2) is 12.6 Å². The third-order valence-corrected chi connectivity index (χ3v) is 3.47. The minimum absolute atomic E-state index is 0.104. The van der Waals surface area contributed by atoms with Gasteiger partial charge in [-0.2, -0.15) is 13.2 Å². The minimum Gasteiger partial charge on any atom is -0.466 e. The molecule has 0 unspecified atom stereocenters. The number of hydrogen-bond donors (Lipinski definition) is 0. The predicted molar refractivity (Wildman–Crippen MR) is 63.5 cm³/mol. The second-order valence-corrected chi connectivity index (χ2v) is 4.74. The van der Waals surface area contributed by atoms with Crippen molar-refractivity contribution in [2.45, 2.75) is 31.9 Å². The Morgan fingerprint density at radius 1 is 1.26 bits per heavy atom. The van der Waals surface area contributed by atoms with Crippen molar-refractivity contribution in [2.75, 3.05) is 6.61 Å². The number of halogens is 3. The molecule has 1 aromatic rings. The van der Waals surface area contributed by atoms with Crippen molar-refractivity contribution >= 4 is 5.97 Å². The number of alkyl halides is 3. The Bertz CT molecular complexity index is 445. The molecule has 0 amide bonds. The van der Waals surface area contributed by atoms with Crippen LogP contribution >= 0.6 is 0 Å². The molecule has 19 heavy (non-hydrogen) atoms. The van der Waals surface area contributed by atoms with Crippen molar-refractivity contribution in [1.82, 2.24) is 0 Å². The Morgan fingerprint density at radius 2 is 1.84 bits per heavy atom. The van der Waals surface area contributed by atoms with Crippen LogP contribution in [0.3, 0.4) is 0 Å². The molecule has 0 radical (unpaired) electrons. The lowest BCUT2D eigenvalue weighted by Gasteiger charge is -2.33. The molecule has 1 aliphatic rings. The van der Waals surface area contributed by atoms with Gasteiger partial charge in [-0.1, -0.05) is 12.1 Å². The van der Waals surface area contributed by atoms with Crippen molar-refractivity contribution in [3.8, 4) is 0 Å². The highest BCUT2D eigenvalue weighted by Crippen LogP contribution is 2.42. The van der Waals surface area contributed by atoms with Gasteiger partial charge in [-0.3, -0.25) is 4.79 Å². The van der Waals surface area contributed by atoms with E-state index in [4.69, 9.17) is 4.74 Å². The van der Waals surface area contributed by atoms with Gasteiger partial charge in [0.05, 0.1) is 18.1 Å². The maximum absolute atomic E-state index is 12.4. The third-order valence-electron chi connectivity index (χ3n) is 3.47. The molecule has 0 heterocycles. The number of esters is 1. The maximum Gasteiger partial charge on any atom is 0.416 e. The molecule has 5 heteroatoms. The second kappa shape index (κ2) is 5.23. The van der Waals surface area contributed by atoms with Gasteiger partial charge >= 0.3 is 12.1 Å². The van der Waals surface area contributed by atoms with E-state index in [1.165, 1.54) is 12.1 Å². The molecule has 1 saturated carbocycles. The molecule has 0 aromatic heterocycles. The summed E-state index contributed by atoms with van der Waals surface area (Å²) < 4.78 is 42.1. The van der Waals surface area contributed by atoms with E-state index in [2.05, 4.69) is 0 Å². The molecule has 1 aromatic carbocycles. The van der Waals surface area contributed by atoms with Crippen molar-refractivity contribution in [3.63, 3.8) is 0 Å². The fourth-order valence-corrected chi connectivity index (χ4v) is 2.29. The first-order valence-corrected chi connectivity index (χ1v) is 6.25. The standard InChI is InChI=1S/C14H15F3O2/c1-2-19-13(18)11-7-10(8-11)9-3-5-12(6-4-9)14(15,16)17/h3-6,10-11H,2,7-8H2,1H3. The van der Waals surface area contributed by atoms with Crippen LogP contribution in [0.15, 0.2) is 24.3 Å². The summed E-state index contributed by atoms with van der Waals surface area (Å²) >= 11 is 0. The first-order valence-electron chi connectivity index (χ1n) is 6.25. The Labute approximate surface area is 109 Å². The van der Waals surface area contributed by atoms with Gasteiger partial charge in [0.25, 0.3) is 0 Å². The maximum atomic E-state index is 12.4. The van der Waals surface area contributed by atoms with Gasteiger partial charge in [-0.15, -0.1) is 0 Å². The first kappa shape index (κ1) is 13.9. The predicted octanol–water partition coefficient (Wildman–Crippen LogP) is 3.76. The molecule has 104 valence electrons. The highest BCUT2D eigenvalue weighted by atomic mass is 19.4. The van der Waals surface area contributed by atoms with Crippen LogP contribution in [0.5, 0.6) is 0 Å². The van der Waals surface area contributed by atoms with Crippen LogP contribution in [0.2, 0.25) is 0 Å². The van der Waals surface area contributed by atoms with Gasteiger partial charge in [0, 0.05) is 0 Å². The molecule has 0 atom stereocenters. The van der Waals surface area contributed by atoms with Gasteiger partial charge in [0.15, 0.2) is 0 Å². The lowest BCUT2D eigenvalue weighted by Crippen LogP contribution is -2.30. The zero-order chi connectivity index (χ0) is 14.0. The van der Waals surface area contributed by atoms with E-state index >= 15 is 0 Å². The van der Waals surface area contributed by atoms with Crippen molar-refractivity contribution in [3.05, 3.63) is 35.4 Å². The lowest BCUT2D eigenvalue weighted by molar-refractivity contribution is -0.151. The molecule has 1 aliphatic carbocycles. The Hall–Kier alpha value is -1.52. The fourth-order valence-electron chi connectivity index (χ4n) is 2.29. The van der Waals surface area contributed by atoms with E-state index in [9.17, 15) is 18.0 Å². The normalized spacial score (nSPS) is 22.7. The molecule has 2 rings (SSSR count). The summed E-state index contributed by atoms with van der Waals surface area (Å²) in [6.07, 6.45) is -2.99. The van der Waals surface area contributed by atoms with Crippen LogP contribution in [0.1, 0.15) is 36.8 Å². The van der Waals surface area contributed by atoms with Crippen molar-refractivity contribution < 1.29 is 22.7 Å². The number of hydrogen-bond acceptors (Lipinski definition) is 2. The summed E-state index contributed by atoms with van der Waals surface area (Å²) in [6, 6.07) is 5.17. The van der Waals surface area contributed by atoms with Crippen LogP contribution in [0, 0.1) is 5.92 Å². The molecule has 0 aliphatic heterocycles. The third kappa shape index (κ3) is 3.08. The minimum atomic E-state index is -4.30. The molecule has 0 N–H and O–H groups in total. The largest absolute Gasteiger partial charge is 0.466 e. The zero-order valence-corrected chi connectivity index (χ0v) is 10.5. The van der Waals surface area contributed by atoms with Gasteiger partial charge < -0.3 is 4.74 Å². The Kier molecular flexibility index (Phi) is 3.83. The summed E-state index contributed by atoms with van der Waals surface area (Å²) in [5.41, 5.74) is 0.214. The number of carbonyl (C=O) groups excluding carboxylic acids is 1. The molecular formula is C14H15F3O2. The highest BCUT2D eigenvalue weighted by Gasteiger charge is 2.37. The average Bonchev–Trinajstić information content (AvgIpc) is 2.27. The van der Waals surface area contributed by atoms with Crippen LogP contribution in [0.25, 0.3) is 0 Å². The van der Waals surface area contributed by atoms with E-state index in [1.807, 2.05) is 0 Å². The van der Waals surface area contributed by atoms with E-state index in [0.29, 0.717) is 19.4 Å². The molecule has 0 saturated heterocycles. The van der Waals surface area contributed by atoms with Crippen molar-refractivity contribution in [1.29, 1.82) is 0 Å². The summed E-state index contributed by atoms with van der Waals surface area (Å²) in [5, 5.41) is 0. The summed E-state index contributed by atoms with van der Waals surface area (Å²) in [5.74, 6) is -0.144. The van der Waals surface area contributed by atoms with Gasteiger partial charge in [0.1, 0.15) is 0 Å². The summed E-state index contributed by atoms with van der Waals surface area (Å²) in [4.78, 5) is 11.4. The monoisotopic (exact) mass is 272 g/mol. The topological polar surface area (TPSA) is 26.3 Å². The number of benzene rings is 1. The second-order valence-electron chi connectivity index (χ2n) is 4.74. The number of rotatable bonds is 3. The smallest absolute Gasteiger partial charge is 0.416 e. The van der Waals surface area contributed by atoms with E-state index < -0.39 is 11.7 Å². The summed E-state index contributed by atoms with van der Waals surface area (Å²) in [7, 11) is 0. The van der Waals surface area contributed by atoms with Gasteiger partial charge in [-0.05, 0) is 43.4 Å². The van der Waals surface area contributed by atoms with Crippen LogP contribution < -0.4 is 0 Å². The molecule has 0 bridgehead atoms. The van der Waals surface area contributed by atoms with E-state index in [-0.39, 0.29) is 17.8 Å². The Balaban J connectivity index is 1.94. The van der Waals surface area contributed by atoms with Crippen molar-refractivity contribution in [2.24, 2.45) is 5.92 Å². The summed E-state index contributed by atoms with van der Waals surface area (Å²) in [6.45, 7) is 2.12. The lowest BCUT2D eigenvalue weighted by atomic mass is 9.71. The van der Waals surface area contributed by atoms with Crippen LogP contribution in [0.4, 0.5) is 13.2 Å². The zero-order valence-electron chi connectivity index (χ0n) is 10.5. The average molecular weight is 272 g/mol. The quantitative estimate of drug-likeness (QED) is 0.783. The van der Waals surface area contributed by atoms with Crippen LogP contribution in [-0.2, 0) is 15.7 Å². The number of carbonyl (C=O) groups is 1. The molecule has 1 fully saturated rings. The first-order chi connectivity index (χ1) is 8.91. The highest BCUT2D eigenvalue weighted by molar-refractivity contribution is 5.73. The van der Waals surface area contributed by atoms with Gasteiger partial charge in [0.2, 0.25) is 0 Å². The van der Waals surface area contributed by atoms with E-state index in [1.54, 1.807) is 6.92 Å². The van der Waals surface area contributed by atoms with Gasteiger partial charge in [-0.25, -0.2) is 0 Å². The Morgan fingerprint density at radius 3 is 2.32 bits per heavy atom. The molecular weight excluding hydrogens is 257 g/mol. The fraction of sp³-hybridized carbons (Fsp3) is 0.500. The SMILES string of the molecule is CCOC(=O)C1CC(c2ccc(C(F)(F)F)cc2)C1. The molecule has 2 nitrogen and oxygen atoms in total. The molecule has 0 spiro atoms.